The third-order valence-electron chi connectivity index (χ3n) is 3.73. The van der Waals surface area contributed by atoms with Gasteiger partial charge in [0.1, 0.15) is 0 Å². The van der Waals surface area contributed by atoms with Crippen molar-refractivity contribution in [1.29, 1.82) is 0 Å². The molecule has 1 saturated heterocycles. The molecule has 3 heteroatoms. The van der Waals surface area contributed by atoms with Gasteiger partial charge < -0.3 is 10.1 Å². The van der Waals surface area contributed by atoms with Crippen molar-refractivity contribution in [3.63, 3.8) is 0 Å². The Balaban J connectivity index is 1.39. The van der Waals surface area contributed by atoms with Crippen molar-refractivity contribution < 1.29 is 4.74 Å². The Labute approximate surface area is 115 Å². The standard InChI is InChI=1S/C15H25NOS/c1(3-14-5-10-17-11-6-14)2-8-16-9-4-15-7-12-18-13-15/h7,12-14,16H,1-6,8-11H2. The quantitative estimate of drug-likeness (QED) is 0.728. The van der Waals surface area contributed by atoms with Crippen LogP contribution in [0.5, 0.6) is 0 Å². The molecule has 0 radical (unpaired) electrons. The molecule has 0 amide bonds. The number of unbranched alkanes of at least 4 members (excludes halogenated alkanes) is 1. The molecule has 1 fully saturated rings. The largest absolute Gasteiger partial charge is 0.381 e. The fraction of sp³-hybridized carbons (Fsp3) is 0.733. The summed E-state index contributed by atoms with van der Waals surface area (Å²) < 4.78 is 5.38. The first-order chi connectivity index (χ1) is 8.95. The Morgan fingerprint density at radius 3 is 2.89 bits per heavy atom. The van der Waals surface area contributed by atoms with Gasteiger partial charge >= 0.3 is 0 Å². The first-order valence-corrected chi connectivity index (χ1v) is 8.19. The SMILES string of the molecule is c1cc(CCNCCCCC2CCOCC2)cs1. The minimum Gasteiger partial charge on any atom is -0.381 e. The molecule has 2 heterocycles. The second kappa shape index (κ2) is 8.68. The molecular weight excluding hydrogens is 242 g/mol. The molecule has 1 aromatic heterocycles. The van der Waals surface area contributed by atoms with E-state index in [0.717, 1.165) is 25.7 Å². The van der Waals surface area contributed by atoms with E-state index in [4.69, 9.17) is 4.74 Å². The molecule has 0 aliphatic carbocycles. The highest BCUT2D eigenvalue weighted by atomic mass is 32.1. The maximum absolute atomic E-state index is 5.38. The van der Waals surface area contributed by atoms with Crippen molar-refractivity contribution in [3.8, 4) is 0 Å². The zero-order valence-electron chi connectivity index (χ0n) is 11.2. The zero-order valence-corrected chi connectivity index (χ0v) is 12.0. The van der Waals surface area contributed by atoms with E-state index in [9.17, 15) is 0 Å². The lowest BCUT2D eigenvalue weighted by Gasteiger charge is -2.21. The average molecular weight is 267 g/mol. The molecule has 2 nitrogen and oxygen atoms in total. The smallest absolute Gasteiger partial charge is 0.0468 e. The zero-order chi connectivity index (χ0) is 12.5. The van der Waals surface area contributed by atoms with Crippen LogP contribution in [0.2, 0.25) is 0 Å². The van der Waals surface area contributed by atoms with Crippen LogP contribution in [0, 0.1) is 5.92 Å². The first-order valence-electron chi connectivity index (χ1n) is 7.24. The molecule has 0 aromatic carbocycles. The van der Waals surface area contributed by atoms with Crippen molar-refractivity contribution in [2.45, 2.75) is 38.5 Å². The van der Waals surface area contributed by atoms with E-state index < -0.39 is 0 Å². The van der Waals surface area contributed by atoms with E-state index in [-0.39, 0.29) is 0 Å². The monoisotopic (exact) mass is 267 g/mol. The second-order valence-corrected chi connectivity index (χ2v) is 5.96. The third-order valence-corrected chi connectivity index (χ3v) is 4.46. The fourth-order valence-electron chi connectivity index (χ4n) is 2.51. The van der Waals surface area contributed by atoms with Crippen LogP contribution >= 0.6 is 11.3 Å². The van der Waals surface area contributed by atoms with Gasteiger partial charge in [-0.15, -0.1) is 0 Å². The van der Waals surface area contributed by atoms with E-state index in [1.165, 1.54) is 50.6 Å². The lowest BCUT2D eigenvalue weighted by atomic mass is 9.94. The molecule has 1 aromatic rings. The normalized spacial score (nSPS) is 17.1. The summed E-state index contributed by atoms with van der Waals surface area (Å²) in [6.45, 7) is 4.27. The van der Waals surface area contributed by atoms with Crippen LogP contribution in [0.25, 0.3) is 0 Å². The molecular formula is C15H25NOS. The van der Waals surface area contributed by atoms with Gasteiger partial charge in [0.2, 0.25) is 0 Å². The van der Waals surface area contributed by atoms with E-state index in [1.54, 1.807) is 11.3 Å². The minimum absolute atomic E-state index is 0.935. The lowest BCUT2D eigenvalue weighted by molar-refractivity contribution is 0.0632. The number of ether oxygens (including phenoxy) is 1. The van der Waals surface area contributed by atoms with Crippen LogP contribution in [0.3, 0.4) is 0 Å². The Hall–Kier alpha value is -0.380. The third kappa shape index (κ3) is 5.51. The highest BCUT2D eigenvalue weighted by molar-refractivity contribution is 7.07. The van der Waals surface area contributed by atoms with E-state index >= 15 is 0 Å². The van der Waals surface area contributed by atoms with E-state index in [0.29, 0.717) is 0 Å². The molecule has 102 valence electrons. The van der Waals surface area contributed by atoms with E-state index in [1.807, 2.05) is 0 Å². The molecule has 18 heavy (non-hydrogen) atoms. The van der Waals surface area contributed by atoms with Crippen molar-refractivity contribution in [3.05, 3.63) is 22.4 Å². The number of hydrogen-bond donors (Lipinski definition) is 1. The first kappa shape index (κ1) is 14.0. The van der Waals surface area contributed by atoms with Crippen molar-refractivity contribution >= 4 is 11.3 Å². The van der Waals surface area contributed by atoms with Crippen LogP contribution in [0.15, 0.2) is 16.8 Å². The summed E-state index contributed by atoms with van der Waals surface area (Å²) in [5, 5.41) is 7.94. The van der Waals surface area contributed by atoms with Gasteiger partial charge in [0.05, 0.1) is 0 Å². The number of nitrogens with one attached hydrogen (secondary N) is 1. The Bertz CT molecular complexity index is 293. The summed E-state index contributed by atoms with van der Waals surface area (Å²) in [5.41, 5.74) is 1.47. The molecule has 0 atom stereocenters. The molecule has 1 aliphatic rings. The highest BCUT2D eigenvalue weighted by Gasteiger charge is 2.12. The molecule has 1 aliphatic heterocycles. The van der Waals surface area contributed by atoms with Gasteiger partial charge in [0.15, 0.2) is 0 Å². The van der Waals surface area contributed by atoms with Gasteiger partial charge in [0.25, 0.3) is 0 Å². The van der Waals surface area contributed by atoms with Crippen molar-refractivity contribution in [2.75, 3.05) is 26.3 Å². The Morgan fingerprint density at radius 2 is 2.11 bits per heavy atom. The minimum atomic E-state index is 0.935. The Morgan fingerprint density at radius 1 is 1.22 bits per heavy atom. The summed E-state index contributed by atoms with van der Waals surface area (Å²) in [5.74, 6) is 0.935. The molecule has 0 spiro atoms. The van der Waals surface area contributed by atoms with Crippen LogP contribution in [-0.4, -0.2) is 26.3 Å². The Kier molecular flexibility index (Phi) is 6.77. The summed E-state index contributed by atoms with van der Waals surface area (Å²) in [6, 6.07) is 2.22. The van der Waals surface area contributed by atoms with Gasteiger partial charge in [-0.05, 0) is 67.1 Å². The second-order valence-electron chi connectivity index (χ2n) is 5.18. The molecule has 2 rings (SSSR count). The summed E-state index contributed by atoms with van der Waals surface area (Å²) in [4.78, 5) is 0. The van der Waals surface area contributed by atoms with Gasteiger partial charge in [-0.2, -0.15) is 11.3 Å². The number of rotatable bonds is 8. The maximum atomic E-state index is 5.38. The molecule has 0 unspecified atom stereocenters. The van der Waals surface area contributed by atoms with Crippen molar-refractivity contribution in [2.24, 2.45) is 5.92 Å². The van der Waals surface area contributed by atoms with Gasteiger partial charge in [-0.1, -0.05) is 12.8 Å². The summed E-state index contributed by atoms with van der Waals surface area (Å²) in [6.07, 6.45) is 7.83. The summed E-state index contributed by atoms with van der Waals surface area (Å²) >= 11 is 1.79. The molecule has 1 N–H and O–H groups in total. The van der Waals surface area contributed by atoms with Crippen LogP contribution in [0.1, 0.15) is 37.7 Å². The fourth-order valence-corrected chi connectivity index (χ4v) is 3.21. The van der Waals surface area contributed by atoms with Crippen LogP contribution < -0.4 is 5.32 Å². The number of thiophene rings is 1. The van der Waals surface area contributed by atoms with Gasteiger partial charge in [-0.3, -0.25) is 0 Å². The predicted molar refractivity (Wildman–Crippen MR) is 78.3 cm³/mol. The lowest BCUT2D eigenvalue weighted by Crippen LogP contribution is -2.19. The van der Waals surface area contributed by atoms with Crippen LogP contribution in [-0.2, 0) is 11.2 Å². The highest BCUT2D eigenvalue weighted by Crippen LogP contribution is 2.20. The van der Waals surface area contributed by atoms with Gasteiger partial charge in [0, 0.05) is 13.2 Å². The summed E-state index contributed by atoms with van der Waals surface area (Å²) in [7, 11) is 0. The molecule has 0 saturated carbocycles. The van der Waals surface area contributed by atoms with Crippen LogP contribution in [0.4, 0.5) is 0 Å². The van der Waals surface area contributed by atoms with E-state index in [2.05, 4.69) is 22.1 Å². The predicted octanol–water partition coefficient (Wildman–Crippen LogP) is 3.48. The van der Waals surface area contributed by atoms with Gasteiger partial charge in [-0.25, -0.2) is 0 Å². The topological polar surface area (TPSA) is 21.3 Å². The van der Waals surface area contributed by atoms with Crippen molar-refractivity contribution in [1.82, 2.24) is 5.32 Å². The molecule has 0 bridgehead atoms. The average Bonchev–Trinajstić information content (AvgIpc) is 2.92. The number of hydrogen-bond acceptors (Lipinski definition) is 3. The maximum Gasteiger partial charge on any atom is 0.0468 e.